The fourth-order valence-corrected chi connectivity index (χ4v) is 5.76. The minimum absolute atomic E-state index is 0.0665. The number of fused-ring (bicyclic) bond motifs is 1. The minimum atomic E-state index is -1.25. The molecule has 0 radical (unpaired) electrons. The van der Waals surface area contributed by atoms with Gasteiger partial charge in [0.2, 0.25) is 0 Å². The number of nitrogens with one attached hydrogen (secondary N) is 1. The molecule has 8 heteroatoms. The molecule has 2 unspecified atom stereocenters. The molecule has 2 aromatic rings. The van der Waals surface area contributed by atoms with Gasteiger partial charge in [0.1, 0.15) is 11.6 Å². The second-order valence-corrected chi connectivity index (χ2v) is 10.0. The summed E-state index contributed by atoms with van der Waals surface area (Å²) >= 11 is 0. The third kappa shape index (κ3) is 4.47. The molecule has 1 N–H and O–H groups in total. The quantitative estimate of drug-likeness (QED) is 0.643. The van der Waals surface area contributed by atoms with Crippen LogP contribution in [0.15, 0.2) is 24.3 Å². The Bertz CT molecular complexity index is 1030. The van der Waals surface area contributed by atoms with Gasteiger partial charge in [-0.2, -0.15) is 0 Å². The highest BCUT2D eigenvalue weighted by Gasteiger charge is 2.45. The Morgan fingerprint density at radius 3 is 2.45 bits per heavy atom. The van der Waals surface area contributed by atoms with Crippen LogP contribution < -0.4 is 5.32 Å². The first-order chi connectivity index (χ1) is 16.2. The van der Waals surface area contributed by atoms with Crippen LogP contribution in [0.4, 0.5) is 19.0 Å². The maximum atomic E-state index is 14.0. The standard InChI is InChI=1S/C25H31F3N4O/c1-15(25(2)5-7-33-8-6-25)32-13-16-9-19(10-17(16)14-32)29-23-4-3-22(30-31-23)20-11-18(26)12-21(27)24(20)28/h3-4,11-12,15-17,19H,5-10,13-14H2,1-2H3,(H,29,31)/t15?,16-,17+,19?/i15D. The van der Waals surface area contributed by atoms with E-state index in [2.05, 4.69) is 34.3 Å². The van der Waals surface area contributed by atoms with Gasteiger partial charge >= 0.3 is 0 Å². The molecule has 1 saturated carbocycles. The lowest BCUT2D eigenvalue weighted by Crippen LogP contribution is -2.47. The lowest BCUT2D eigenvalue weighted by atomic mass is 9.75. The molecule has 0 amide bonds. The van der Waals surface area contributed by atoms with Gasteiger partial charge in [0.15, 0.2) is 11.6 Å². The third-order valence-electron chi connectivity index (χ3n) is 7.98. The van der Waals surface area contributed by atoms with Gasteiger partial charge in [-0.05, 0) is 68.1 Å². The molecule has 1 aromatic heterocycles. The number of halogens is 3. The zero-order valence-electron chi connectivity index (χ0n) is 20.1. The third-order valence-corrected chi connectivity index (χ3v) is 7.98. The van der Waals surface area contributed by atoms with Crippen LogP contribution in [0.5, 0.6) is 0 Å². The highest BCUT2D eigenvalue weighted by molar-refractivity contribution is 5.60. The first kappa shape index (κ1) is 21.4. The number of aromatic nitrogens is 2. The molecule has 33 heavy (non-hydrogen) atoms. The van der Waals surface area contributed by atoms with Crippen molar-refractivity contribution in [3.63, 3.8) is 0 Å². The van der Waals surface area contributed by atoms with Crippen LogP contribution in [0.3, 0.4) is 0 Å². The summed E-state index contributed by atoms with van der Waals surface area (Å²) in [5, 5.41) is 11.5. The number of hydrogen-bond acceptors (Lipinski definition) is 5. The summed E-state index contributed by atoms with van der Waals surface area (Å²) in [6.45, 7) is 7.62. The topological polar surface area (TPSA) is 50.3 Å². The zero-order chi connectivity index (χ0) is 24.1. The fourth-order valence-electron chi connectivity index (χ4n) is 5.76. The summed E-state index contributed by atoms with van der Waals surface area (Å²) in [7, 11) is 0. The second kappa shape index (κ2) is 8.87. The van der Waals surface area contributed by atoms with Crippen molar-refractivity contribution in [3.05, 3.63) is 41.7 Å². The van der Waals surface area contributed by atoms with Gasteiger partial charge in [0.25, 0.3) is 0 Å². The molecule has 3 fully saturated rings. The number of hydrogen-bond donors (Lipinski definition) is 1. The van der Waals surface area contributed by atoms with Crippen molar-refractivity contribution in [2.45, 2.75) is 51.6 Å². The van der Waals surface area contributed by atoms with Crippen molar-refractivity contribution in [1.82, 2.24) is 15.1 Å². The normalized spacial score (nSPS) is 29.4. The minimum Gasteiger partial charge on any atom is -0.381 e. The Kier molecular flexibility index (Phi) is 5.74. The predicted molar refractivity (Wildman–Crippen MR) is 120 cm³/mol. The molecule has 3 aliphatic rings. The van der Waals surface area contributed by atoms with E-state index in [1.807, 2.05) is 0 Å². The smallest absolute Gasteiger partial charge is 0.168 e. The van der Waals surface area contributed by atoms with E-state index in [9.17, 15) is 14.5 Å². The van der Waals surface area contributed by atoms with Crippen molar-refractivity contribution in [1.29, 1.82) is 0 Å². The van der Waals surface area contributed by atoms with Crippen molar-refractivity contribution in [3.8, 4) is 11.3 Å². The molecule has 2 saturated heterocycles. The van der Waals surface area contributed by atoms with E-state index in [1.54, 1.807) is 6.07 Å². The summed E-state index contributed by atoms with van der Waals surface area (Å²) < 4.78 is 55.8. The Balaban J connectivity index is 1.20. The van der Waals surface area contributed by atoms with E-state index in [0.29, 0.717) is 23.7 Å². The van der Waals surface area contributed by atoms with E-state index < -0.39 is 23.5 Å². The zero-order valence-corrected chi connectivity index (χ0v) is 19.1. The summed E-state index contributed by atoms with van der Waals surface area (Å²) in [6, 6.07) is 4.24. The lowest BCUT2D eigenvalue weighted by Gasteiger charge is -2.43. The van der Waals surface area contributed by atoms with Gasteiger partial charge in [-0.1, -0.05) is 6.92 Å². The summed E-state index contributed by atoms with van der Waals surface area (Å²) in [5.41, 5.74) is -0.233. The Labute approximate surface area is 194 Å². The monoisotopic (exact) mass is 461 g/mol. The van der Waals surface area contributed by atoms with Crippen LogP contribution in [0, 0.1) is 34.7 Å². The molecule has 178 valence electrons. The van der Waals surface area contributed by atoms with E-state index in [1.165, 1.54) is 6.07 Å². The number of nitrogens with zero attached hydrogens (tertiary/aromatic N) is 3. The van der Waals surface area contributed by atoms with E-state index in [-0.39, 0.29) is 22.7 Å². The molecule has 1 aliphatic carbocycles. The Morgan fingerprint density at radius 2 is 1.82 bits per heavy atom. The first-order valence-corrected chi connectivity index (χ1v) is 11.7. The molecular weight excluding hydrogens is 429 g/mol. The Morgan fingerprint density at radius 1 is 1.12 bits per heavy atom. The lowest BCUT2D eigenvalue weighted by molar-refractivity contribution is -0.0207. The Hall–Kier alpha value is -2.19. The van der Waals surface area contributed by atoms with Gasteiger partial charge in [0.05, 0.1) is 5.69 Å². The molecule has 0 bridgehead atoms. The average molecular weight is 462 g/mol. The number of rotatable bonds is 5. The number of benzene rings is 1. The van der Waals surface area contributed by atoms with Gasteiger partial charge in [0, 0.05) is 51.4 Å². The van der Waals surface area contributed by atoms with Crippen molar-refractivity contribution in [2.75, 3.05) is 31.6 Å². The van der Waals surface area contributed by atoms with E-state index >= 15 is 0 Å². The molecule has 0 spiro atoms. The highest BCUT2D eigenvalue weighted by Crippen LogP contribution is 2.44. The maximum Gasteiger partial charge on any atom is 0.168 e. The molecule has 5 rings (SSSR count). The van der Waals surface area contributed by atoms with Crippen molar-refractivity contribution in [2.24, 2.45) is 17.3 Å². The van der Waals surface area contributed by atoms with Gasteiger partial charge < -0.3 is 10.1 Å². The predicted octanol–water partition coefficient (Wildman–Crippen LogP) is 4.89. The molecule has 4 atom stereocenters. The van der Waals surface area contributed by atoms with E-state index in [4.69, 9.17) is 4.74 Å². The van der Waals surface area contributed by atoms with E-state index in [0.717, 1.165) is 58.1 Å². The molecule has 2 aliphatic heterocycles. The number of ether oxygens (including phenoxy) is 1. The van der Waals surface area contributed by atoms with Crippen LogP contribution in [-0.4, -0.2) is 53.5 Å². The second-order valence-electron chi connectivity index (χ2n) is 10.0. The largest absolute Gasteiger partial charge is 0.381 e. The SMILES string of the molecule is [2H]C(C)(N1C[C@H]2CC(Nc3ccc(-c4cc(F)cc(F)c4F)nn3)C[C@H]2C1)C1(C)CCOCC1. The summed E-state index contributed by atoms with van der Waals surface area (Å²) in [5.74, 6) is -1.63. The van der Waals surface area contributed by atoms with Gasteiger partial charge in [-0.3, -0.25) is 4.90 Å². The van der Waals surface area contributed by atoms with Crippen molar-refractivity contribution >= 4 is 5.82 Å². The van der Waals surface area contributed by atoms with Gasteiger partial charge in [-0.15, -0.1) is 10.2 Å². The summed E-state index contributed by atoms with van der Waals surface area (Å²) in [6.07, 6.45) is 3.82. The van der Waals surface area contributed by atoms with Crippen LogP contribution >= 0.6 is 0 Å². The fraction of sp³-hybridized carbons (Fsp3) is 0.600. The van der Waals surface area contributed by atoms with Crippen LogP contribution in [0.1, 0.15) is 40.9 Å². The highest BCUT2D eigenvalue weighted by atomic mass is 19.2. The summed E-state index contributed by atoms with van der Waals surface area (Å²) in [4.78, 5) is 2.37. The van der Waals surface area contributed by atoms with Crippen LogP contribution in [-0.2, 0) is 4.74 Å². The molecule has 5 nitrogen and oxygen atoms in total. The first-order valence-electron chi connectivity index (χ1n) is 12.2. The average Bonchev–Trinajstić information content (AvgIpc) is 3.36. The number of anilines is 1. The molecular formula is C25H31F3N4O. The van der Waals surface area contributed by atoms with Crippen LogP contribution in [0.2, 0.25) is 0 Å². The molecule has 3 heterocycles. The van der Waals surface area contributed by atoms with Crippen molar-refractivity contribution < 1.29 is 19.3 Å². The molecule has 1 aromatic carbocycles. The maximum absolute atomic E-state index is 14.0. The van der Waals surface area contributed by atoms with Crippen LogP contribution in [0.25, 0.3) is 11.3 Å². The van der Waals surface area contributed by atoms with Gasteiger partial charge in [-0.25, -0.2) is 13.2 Å². The number of likely N-dealkylation sites (tertiary alicyclic amines) is 1.